The molecule has 1 saturated heterocycles. The number of amides is 1. The van der Waals surface area contributed by atoms with E-state index in [1.54, 1.807) is 12.4 Å². The molecule has 1 amide bonds. The summed E-state index contributed by atoms with van der Waals surface area (Å²) in [5.41, 5.74) is 1.17. The van der Waals surface area contributed by atoms with Gasteiger partial charge >= 0.3 is 0 Å². The second-order valence-corrected chi connectivity index (χ2v) is 8.25. The molecular weight excluding hydrogens is 374 g/mol. The maximum Gasteiger partial charge on any atom is 0.235 e. The second-order valence-electron chi connectivity index (χ2n) is 7.81. The van der Waals surface area contributed by atoms with E-state index >= 15 is 0 Å². The molecule has 1 aromatic carbocycles. The van der Waals surface area contributed by atoms with Gasteiger partial charge in [-0.25, -0.2) is 9.97 Å². The Bertz CT molecular complexity index is 810. The van der Waals surface area contributed by atoms with Gasteiger partial charge in [-0.15, -0.1) is 0 Å². The summed E-state index contributed by atoms with van der Waals surface area (Å²) in [5, 5.41) is 3.74. The number of benzene rings is 1. The summed E-state index contributed by atoms with van der Waals surface area (Å²) in [4.78, 5) is 26.7. The molecule has 6 nitrogen and oxygen atoms in total. The van der Waals surface area contributed by atoms with Crippen LogP contribution in [-0.4, -0.2) is 54.0 Å². The van der Waals surface area contributed by atoms with E-state index in [1.807, 2.05) is 24.3 Å². The highest BCUT2D eigenvalue weighted by Crippen LogP contribution is 2.42. The van der Waals surface area contributed by atoms with E-state index in [-0.39, 0.29) is 5.91 Å². The van der Waals surface area contributed by atoms with E-state index in [4.69, 9.17) is 11.6 Å². The van der Waals surface area contributed by atoms with Gasteiger partial charge in [-0.05, 0) is 37.6 Å². The summed E-state index contributed by atoms with van der Waals surface area (Å²) >= 11 is 6.04. The molecule has 1 aliphatic carbocycles. The van der Waals surface area contributed by atoms with Gasteiger partial charge in [0.05, 0.1) is 23.5 Å². The third-order valence-electron chi connectivity index (χ3n) is 5.97. The van der Waals surface area contributed by atoms with Gasteiger partial charge in [0.15, 0.2) is 0 Å². The Kier molecular flexibility index (Phi) is 5.51. The Balaban J connectivity index is 1.48. The molecule has 1 N–H and O–H groups in total. The number of likely N-dealkylation sites (N-methyl/N-ethyl adjacent to an activating group) is 1. The summed E-state index contributed by atoms with van der Waals surface area (Å²) in [7, 11) is 2.12. The van der Waals surface area contributed by atoms with Crippen LogP contribution in [-0.2, 0) is 10.2 Å². The van der Waals surface area contributed by atoms with Crippen LogP contribution in [0.5, 0.6) is 0 Å². The summed E-state index contributed by atoms with van der Waals surface area (Å²) < 4.78 is 0. The molecule has 1 aliphatic heterocycles. The minimum atomic E-state index is -0.499. The lowest BCUT2D eigenvalue weighted by Gasteiger charge is -2.32. The molecule has 2 aromatic rings. The van der Waals surface area contributed by atoms with Crippen molar-refractivity contribution in [3.8, 4) is 0 Å². The highest BCUT2D eigenvalue weighted by atomic mass is 35.5. The number of nitrogens with one attached hydrogen (secondary N) is 1. The average molecular weight is 400 g/mol. The summed E-state index contributed by atoms with van der Waals surface area (Å²) in [6.07, 6.45) is 7.22. The molecule has 0 spiro atoms. The molecule has 0 radical (unpaired) electrons. The molecule has 1 saturated carbocycles. The standard InChI is InChI=1S/C21H26ClN5O/c1-26-10-12-27(13-11-26)20-23-14-18(15-24-20)25-19(28)21(8-2-3-9-21)16-4-6-17(22)7-5-16/h4-7,14-15H,2-3,8-13H2,1H3,(H,25,28). The predicted molar refractivity (Wildman–Crippen MR) is 112 cm³/mol. The van der Waals surface area contributed by atoms with Gasteiger partial charge < -0.3 is 15.1 Å². The Morgan fingerprint density at radius 2 is 1.64 bits per heavy atom. The van der Waals surface area contributed by atoms with Gasteiger partial charge in [0.1, 0.15) is 0 Å². The van der Waals surface area contributed by atoms with Crippen molar-refractivity contribution in [1.82, 2.24) is 14.9 Å². The van der Waals surface area contributed by atoms with Gasteiger partial charge in [-0.2, -0.15) is 0 Å². The quantitative estimate of drug-likeness (QED) is 0.854. The monoisotopic (exact) mass is 399 g/mol. The topological polar surface area (TPSA) is 61.4 Å². The number of anilines is 2. The Labute approximate surface area is 170 Å². The third kappa shape index (κ3) is 3.84. The number of aromatic nitrogens is 2. The molecule has 0 bridgehead atoms. The number of halogens is 1. The fourth-order valence-corrected chi connectivity index (χ4v) is 4.33. The molecule has 28 heavy (non-hydrogen) atoms. The molecule has 2 fully saturated rings. The van der Waals surface area contributed by atoms with Crippen LogP contribution in [0.3, 0.4) is 0 Å². The number of hydrogen-bond acceptors (Lipinski definition) is 5. The molecular formula is C21H26ClN5O. The Hall–Kier alpha value is -2.18. The molecule has 4 rings (SSSR count). The molecule has 0 atom stereocenters. The van der Waals surface area contributed by atoms with Crippen LogP contribution >= 0.6 is 11.6 Å². The highest BCUT2D eigenvalue weighted by Gasteiger charge is 2.42. The zero-order chi connectivity index (χ0) is 19.6. The number of nitrogens with zero attached hydrogens (tertiary/aromatic N) is 4. The fraction of sp³-hybridized carbons (Fsp3) is 0.476. The van der Waals surface area contributed by atoms with Crippen LogP contribution in [0.25, 0.3) is 0 Å². The summed E-state index contributed by atoms with van der Waals surface area (Å²) in [6.45, 7) is 3.85. The first kappa shape index (κ1) is 19.2. The number of carbonyl (C=O) groups is 1. The lowest BCUT2D eigenvalue weighted by Crippen LogP contribution is -2.45. The van der Waals surface area contributed by atoms with Crippen LogP contribution in [0.2, 0.25) is 5.02 Å². The van der Waals surface area contributed by atoms with Crippen LogP contribution in [0.1, 0.15) is 31.2 Å². The van der Waals surface area contributed by atoms with Crippen molar-refractivity contribution in [2.24, 2.45) is 0 Å². The van der Waals surface area contributed by atoms with Crippen molar-refractivity contribution in [3.63, 3.8) is 0 Å². The average Bonchev–Trinajstić information content (AvgIpc) is 3.21. The fourth-order valence-electron chi connectivity index (χ4n) is 4.20. The summed E-state index contributed by atoms with van der Waals surface area (Å²) in [6, 6.07) is 7.66. The van der Waals surface area contributed by atoms with Crippen molar-refractivity contribution in [2.75, 3.05) is 43.4 Å². The molecule has 1 aromatic heterocycles. The van der Waals surface area contributed by atoms with E-state index in [9.17, 15) is 4.79 Å². The number of piperazine rings is 1. The second kappa shape index (κ2) is 8.05. The van der Waals surface area contributed by atoms with Crippen LogP contribution in [0, 0.1) is 0 Å². The van der Waals surface area contributed by atoms with Crippen molar-refractivity contribution < 1.29 is 4.79 Å². The van der Waals surface area contributed by atoms with Crippen LogP contribution < -0.4 is 10.2 Å². The van der Waals surface area contributed by atoms with E-state index in [0.717, 1.165) is 63.4 Å². The van der Waals surface area contributed by atoms with Crippen molar-refractivity contribution in [2.45, 2.75) is 31.1 Å². The van der Waals surface area contributed by atoms with Crippen molar-refractivity contribution in [3.05, 3.63) is 47.2 Å². The first-order chi connectivity index (χ1) is 13.6. The number of carbonyl (C=O) groups excluding carboxylic acids is 1. The Morgan fingerprint density at radius 1 is 1.04 bits per heavy atom. The molecule has 0 unspecified atom stereocenters. The normalized spacial score (nSPS) is 19.6. The lowest BCUT2D eigenvalue weighted by atomic mass is 9.78. The molecule has 148 valence electrons. The maximum absolute atomic E-state index is 13.2. The van der Waals surface area contributed by atoms with E-state index < -0.39 is 5.41 Å². The Morgan fingerprint density at radius 3 is 2.25 bits per heavy atom. The first-order valence-corrected chi connectivity index (χ1v) is 10.3. The van der Waals surface area contributed by atoms with Gasteiger partial charge in [0.25, 0.3) is 0 Å². The molecule has 7 heteroatoms. The van der Waals surface area contributed by atoms with E-state index in [0.29, 0.717) is 10.7 Å². The maximum atomic E-state index is 13.2. The largest absolute Gasteiger partial charge is 0.338 e. The number of hydrogen-bond donors (Lipinski definition) is 1. The third-order valence-corrected chi connectivity index (χ3v) is 6.22. The highest BCUT2D eigenvalue weighted by molar-refractivity contribution is 6.30. The van der Waals surface area contributed by atoms with Gasteiger partial charge in [-0.3, -0.25) is 4.79 Å². The summed E-state index contributed by atoms with van der Waals surface area (Å²) in [5.74, 6) is 0.739. The van der Waals surface area contributed by atoms with Gasteiger partial charge in [-0.1, -0.05) is 36.6 Å². The minimum Gasteiger partial charge on any atom is -0.338 e. The molecule has 2 heterocycles. The minimum absolute atomic E-state index is 0.0169. The van der Waals surface area contributed by atoms with E-state index in [2.05, 4.69) is 32.1 Å². The van der Waals surface area contributed by atoms with Gasteiger partial charge in [0.2, 0.25) is 11.9 Å². The smallest absolute Gasteiger partial charge is 0.235 e. The molecule has 2 aliphatic rings. The van der Waals surface area contributed by atoms with Crippen LogP contribution in [0.15, 0.2) is 36.7 Å². The SMILES string of the molecule is CN1CCN(c2ncc(NC(=O)C3(c4ccc(Cl)cc4)CCCC3)cn2)CC1. The first-order valence-electron chi connectivity index (χ1n) is 9.90. The zero-order valence-corrected chi connectivity index (χ0v) is 17.0. The van der Waals surface area contributed by atoms with Crippen molar-refractivity contribution >= 4 is 29.1 Å². The van der Waals surface area contributed by atoms with E-state index in [1.165, 1.54) is 0 Å². The van der Waals surface area contributed by atoms with Crippen molar-refractivity contribution in [1.29, 1.82) is 0 Å². The van der Waals surface area contributed by atoms with Crippen LogP contribution in [0.4, 0.5) is 11.6 Å². The number of rotatable bonds is 4. The zero-order valence-electron chi connectivity index (χ0n) is 16.2. The predicted octanol–water partition coefficient (Wildman–Crippen LogP) is 3.33. The lowest BCUT2D eigenvalue weighted by molar-refractivity contribution is -0.121. The van der Waals surface area contributed by atoms with Gasteiger partial charge in [0, 0.05) is 31.2 Å².